The fourth-order valence-electron chi connectivity index (χ4n) is 3.70. The first kappa shape index (κ1) is 23.2. The van der Waals surface area contributed by atoms with Gasteiger partial charge in [-0.15, -0.1) is 0 Å². The zero-order chi connectivity index (χ0) is 22.4. The number of nitrogens with one attached hydrogen (secondary N) is 2. The molecule has 0 aliphatic heterocycles. The average Bonchev–Trinajstić information content (AvgIpc) is 2.73. The molecule has 0 heterocycles. The molecule has 170 valence electrons. The topological polar surface area (TPSA) is 117 Å². The number of phenols is 1. The molecule has 0 saturated heterocycles. The number of aromatic hydroxyl groups is 1. The van der Waals surface area contributed by atoms with E-state index in [4.69, 9.17) is 9.47 Å². The Morgan fingerprint density at radius 2 is 1.94 bits per heavy atom. The predicted octanol–water partition coefficient (Wildman–Crippen LogP) is 1.91. The van der Waals surface area contributed by atoms with Crippen LogP contribution < -0.4 is 19.5 Å². The third kappa shape index (κ3) is 7.02. The number of rotatable bonds is 10. The highest BCUT2D eigenvalue weighted by Crippen LogP contribution is 2.29. The molecule has 0 radical (unpaired) electrons. The Hall–Kier alpha value is -2.49. The van der Waals surface area contributed by atoms with E-state index in [0.717, 1.165) is 37.8 Å². The smallest absolute Gasteiger partial charge is 0.229 e. The molecule has 2 aromatic rings. The molecule has 0 spiro atoms. The van der Waals surface area contributed by atoms with E-state index in [9.17, 15) is 18.6 Å². The van der Waals surface area contributed by atoms with Crippen molar-refractivity contribution in [2.75, 3.05) is 37.8 Å². The fraction of sp³-hybridized carbons (Fsp3) is 0.455. The van der Waals surface area contributed by atoms with Gasteiger partial charge in [0, 0.05) is 12.6 Å². The lowest BCUT2D eigenvalue weighted by Gasteiger charge is -2.25. The van der Waals surface area contributed by atoms with E-state index in [1.54, 1.807) is 7.11 Å². The van der Waals surface area contributed by atoms with Crippen LogP contribution in [0.3, 0.4) is 0 Å². The Morgan fingerprint density at radius 1 is 1.16 bits per heavy atom. The van der Waals surface area contributed by atoms with E-state index in [1.807, 2.05) is 6.07 Å². The van der Waals surface area contributed by atoms with Crippen molar-refractivity contribution in [3.05, 3.63) is 47.5 Å². The Morgan fingerprint density at radius 3 is 2.68 bits per heavy atom. The van der Waals surface area contributed by atoms with Gasteiger partial charge >= 0.3 is 0 Å². The van der Waals surface area contributed by atoms with Gasteiger partial charge in [-0.25, -0.2) is 8.42 Å². The van der Waals surface area contributed by atoms with Gasteiger partial charge in [0.05, 0.1) is 19.1 Å². The highest BCUT2D eigenvalue weighted by molar-refractivity contribution is 7.92. The van der Waals surface area contributed by atoms with Gasteiger partial charge in [-0.2, -0.15) is 0 Å². The number of benzene rings is 2. The van der Waals surface area contributed by atoms with Gasteiger partial charge in [0.25, 0.3) is 0 Å². The van der Waals surface area contributed by atoms with Crippen molar-refractivity contribution < 1.29 is 28.1 Å². The molecule has 9 heteroatoms. The van der Waals surface area contributed by atoms with Gasteiger partial charge < -0.3 is 25.0 Å². The quantitative estimate of drug-likeness (QED) is 0.409. The molecule has 1 unspecified atom stereocenters. The Balaban J connectivity index is 1.42. The molecule has 4 N–H and O–H groups in total. The van der Waals surface area contributed by atoms with Crippen LogP contribution in [0.1, 0.15) is 17.5 Å². The summed E-state index contributed by atoms with van der Waals surface area (Å²) in [6.07, 6.45) is 3.39. The van der Waals surface area contributed by atoms with Crippen LogP contribution in [0.25, 0.3) is 0 Å². The number of sulfonamides is 1. The van der Waals surface area contributed by atoms with E-state index in [0.29, 0.717) is 18.2 Å². The maximum Gasteiger partial charge on any atom is 0.229 e. The van der Waals surface area contributed by atoms with Crippen LogP contribution in [0.2, 0.25) is 0 Å². The van der Waals surface area contributed by atoms with E-state index in [2.05, 4.69) is 22.2 Å². The van der Waals surface area contributed by atoms with Gasteiger partial charge in [0.15, 0.2) is 0 Å². The molecule has 0 fully saturated rings. The van der Waals surface area contributed by atoms with Crippen molar-refractivity contribution in [1.82, 2.24) is 5.32 Å². The van der Waals surface area contributed by atoms with E-state index >= 15 is 0 Å². The van der Waals surface area contributed by atoms with Crippen LogP contribution in [-0.4, -0.2) is 57.8 Å². The molecule has 1 aliphatic rings. The molecule has 31 heavy (non-hydrogen) atoms. The number of anilines is 1. The standard InChI is InChI=1S/C22H30N2O6S/c1-29-19-6-5-16-9-15(3-4-17(16)10-19)12-23-13-18(25)14-30-20-7-8-22(26)21(11-20)24-31(2,27)28/h5-8,10-11,15,18,23-26H,3-4,9,12-14H2,1-2H3/t15?,18-/m0/s1. The molecular weight excluding hydrogens is 420 g/mol. The Kier molecular flexibility index (Phi) is 7.64. The summed E-state index contributed by atoms with van der Waals surface area (Å²) < 4.78 is 35.8. The fourth-order valence-corrected chi connectivity index (χ4v) is 4.26. The van der Waals surface area contributed by atoms with Crippen molar-refractivity contribution in [1.29, 1.82) is 0 Å². The van der Waals surface area contributed by atoms with Crippen LogP contribution in [0.15, 0.2) is 36.4 Å². The first-order chi connectivity index (χ1) is 14.7. The van der Waals surface area contributed by atoms with Gasteiger partial charge in [0.2, 0.25) is 10.0 Å². The zero-order valence-electron chi connectivity index (χ0n) is 17.8. The number of hydrogen-bond donors (Lipinski definition) is 4. The Bertz CT molecular complexity index is 995. The zero-order valence-corrected chi connectivity index (χ0v) is 18.6. The minimum absolute atomic E-state index is 0.0304. The second-order valence-electron chi connectivity index (χ2n) is 7.92. The molecule has 0 saturated carbocycles. The molecular formula is C22H30N2O6S. The van der Waals surface area contributed by atoms with Gasteiger partial charge in [-0.05, 0) is 67.1 Å². The minimum Gasteiger partial charge on any atom is -0.506 e. The molecule has 1 aliphatic carbocycles. The van der Waals surface area contributed by atoms with E-state index in [1.165, 1.54) is 29.3 Å². The first-order valence-corrected chi connectivity index (χ1v) is 12.1. The first-order valence-electron chi connectivity index (χ1n) is 10.2. The lowest BCUT2D eigenvalue weighted by atomic mass is 9.84. The summed E-state index contributed by atoms with van der Waals surface area (Å²) in [6.45, 7) is 1.24. The number of aliphatic hydroxyl groups is 1. The van der Waals surface area contributed by atoms with Gasteiger partial charge in [-0.3, -0.25) is 4.72 Å². The van der Waals surface area contributed by atoms with Gasteiger partial charge in [0.1, 0.15) is 30.0 Å². The third-order valence-electron chi connectivity index (χ3n) is 5.26. The van der Waals surface area contributed by atoms with Crippen LogP contribution in [0.5, 0.6) is 17.2 Å². The number of ether oxygens (including phenoxy) is 2. The molecule has 2 aromatic carbocycles. The van der Waals surface area contributed by atoms with Crippen molar-refractivity contribution in [2.45, 2.75) is 25.4 Å². The molecule has 0 aromatic heterocycles. The van der Waals surface area contributed by atoms with Crippen molar-refractivity contribution in [3.63, 3.8) is 0 Å². The number of aryl methyl sites for hydroxylation is 1. The molecule has 0 amide bonds. The van der Waals surface area contributed by atoms with Crippen molar-refractivity contribution >= 4 is 15.7 Å². The largest absolute Gasteiger partial charge is 0.506 e. The SMILES string of the molecule is COc1ccc2c(c1)CCC(CNC[C@H](O)COc1ccc(O)c(NS(C)(=O)=O)c1)C2. The monoisotopic (exact) mass is 450 g/mol. The van der Waals surface area contributed by atoms with E-state index < -0.39 is 16.1 Å². The average molecular weight is 451 g/mol. The maximum absolute atomic E-state index is 11.4. The summed E-state index contributed by atoms with van der Waals surface area (Å²) >= 11 is 0. The van der Waals surface area contributed by atoms with Crippen molar-refractivity contribution in [2.24, 2.45) is 5.92 Å². The molecule has 8 nitrogen and oxygen atoms in total. The number of phenolic OH excluding ortho intramolecular Hbond substituents is 1. The number of fused-ring (bicyclic) bond motifs is 1. The number of methoxy groups -OCH3 is 1. The molecule has 2 atom stereocenters. The number of aliphatic hydroxyl groups excluding tert-OH is 1. The molecule has 0 bridgehead atoms. The van der Waals surface area contributed by atoms with Crippen LogP contribution in [-0.2, 0) is 22.9 Å². The minimum atomic E-state index is -3.52. The van der Waals surface area contributed by atoms with Crippen LogP contribution in [0, 0.1) is 5.92 Å². The highest BCUT2D eigenvalue weighted by Gasteiger charge is 2.19. The summed E-state index contributed by atoms with van der Waals surface area (Å²) in [5.41, 5.74) is 2.74. The van der Waals surface area contributed by atoms with Crippen LogP contribution in [0.4, 0.5) is 5.69 Å². The summed E-state index contributed by atoms with van der Waals surface area (Å²) in [5, 5.41) is 23.3. The third-order valence-corrected chi connectivity index (χ3v) is 5.85. The maximum atomic E-state index is 11.4. The summed E-state index contributed by atoms with van der Waals surface area (Å²) in [4.78, 5) is 0. The van der Waals surface area contributed by atoms with E-state index in [-0.39, 0.29) is 18.0 Å². The highest BCUT2D eigenvalue weighted by atomic mass is 32.2. The van der Waals surface area contributed by atoms with Crippen LogP contribution >= 0.6 is 0 Å². The summed E-state index contributed by atoms with van der Waals surface area (Å²) in [6, 6.07) is 10.5. The molecule has 3 rings (SSSR count). The summed E-state index contributed by atoms with van der Waals surface area (Å²) in [7, 11) is -1.84. The Labute approximate surface area is 183 Å². The normalized spacial score (nSPS) is 16.9. The number of hydrogen-bond acceptors (Lipinski definition) is 7. The second kappa shape index (κ2) is 10.2. The lowest BCUT2D eigenvalue weighted by molar-refractivity contribution is 0.105. The second-order valence-corrected chi connectivity index (χ2v) is 9.67. The predicted molar refractivity (Wildman–Crippen MR) is 119 cm³/mol. The van der Waals surface area contributed by atoms with Crippen molar-refractivity contribution in [3.8, 4) is 17.2 Å². The lowest BCUT2D eigenvalue weighted by Crippen LogP contribution is -2.35. The summed E-state index contributed by atoms with van der Waals surface area (Å²) in [5.74, 6) is 1.55. The van der Waals surface area contributed by atoms with Gasteiger partial charge in [-0.1, -0.05) is 6.07 Å².